The van der Waals surface area contributed by atoms with Gasteiger partial charge in [0.15, 0.2) is 0 Å². The zero-order valence-electron chi connectivity index (χ0n) is 9.78. The fraction of sp³-hybridized carbons (Fsp3) is 0.462. The Labute approximate surface area is 101 Å². The molecule has 0 aromatic heterocycles. The van der Waals surface area contributed by atoms with Crippen molar-refractivity contribution < 1.29 is 9.90 Å². The molecule has 0 radical (unpaired) electrons. The maximum absolute atomic E-state index is 12.0. The van der Waals surface area contributed by atoms with Crippen LogP contribution in [0.25, 0.3) is 0 Å². The van der Waals surface area contributed by atoms with Crippen LogP contribution in [0.15, 0.2) is 24.3 Å². The first kappa shape index (κ1) is 11.9. The van der Waals surface area contributed by atoms with Gasteiger partial charge in [0.05, 0.1) is 12.1 Å². The predicted molar refractivity (Wildman–Crippen MR) is 66.6 cm³/mol. The molecule has 4 nitrogen and oxygen atoms in total. The molecule has 1 aromatic carbocycles. The summed E-state index contributed by atoms with van der Waals surface area (Å²) in [5.41, 5.74) is 6.37. The second-order valence-corrected chi connectivity index (χ2v) is 4.72. The topological polar surface area (TPSA) is 75.4 Å². The van der Waals surface area contributed by atoms with Crippen molar-refractivity contribution in [2.24, 2.45) is 0 Å². The van der Waals surface area contributed by atoms with Crippen molar-refractivity contribution in [3.8, 4) is 0 Å². The van der Waals surface area contributed by atoms with Crippen molar-refractivity contribution in [2.45, 2.75) is 31.2 Å². The normalized spacial score (nSPS) is 17.9. The molecule has 0 aliphatic heterocycles. The second-order valence-electron chi connectivity index (χ2n) is 4.72. The average Bonchev–Trinajstić information content (AvgIpc) is 2.79. The highest BCUT2D eigenvalue weighted by Crippen LogP contribution is 2.29. The predicted octanol–water partition coefficient (Wildman–Crippen LogP) is 1.30. The lowest BCUT2D eigenvalue weighted by Gasteiger charge is -2.28. The molecule has 1 fully saturated rings. The van der Waals surface area contributed by atoms with E-state index in [-0.39, 0.29) is 12.5 Å². The Kier molecular flexibility index (Phi) is 3.33. The summed E-state index contributed by atoms with van der Waals surface area (Å²) in [6.45, 7) is 0.00765. The van der Waals surface area contributed by atoms with Crippen molar-refractivity contribution in [2.75, 3.05) is 12.3 Å². The van der Waals surface area contributed by atoms with E-state index >= 15 is 0 Å². The molecule has 1 aliphatic carbocycles. The van der Waals surface area contributed by atoms with Gasteiger partial charge in [-0.3, -0.25) is 4.79 Å². The summed E-state index contributed by atoms with van der Waals surface area (Å²) in [5.74, 6) is -0.138. The van der Waals surface area contributed by atoms with Crippen LogP contribution in [-0.4, -0.2) is 23.2 Å². The fourth-order valence-electron chi connectivity index (χ4n) is 2.32. The van der Waals surface area contributed by atoms with Gasteiger partial charge < -0.3 is 16.2 Å². The lowest BCUT2D eigenvalue weighted by atomic mass is 9.98. The number of amides is 1. The Balaban J connectivity index is 2.08. The smallest absolute Gasteiger partial charge is 0.251 e. The first-order valence-corrected chi connectivity index (χ1v) is 5.94. The molecule has 0 bridgehead atoms. The Morgan fingerprint density at radius 3 is 2.41 bits per heavy atom. The average molecular weight is 234 g/mol. The standard InChI is InChI=1S/C13H18N2O2/c14-11-5-3-10(4-6-11)12(17)15-13(9-16)7-1-2-8-13/h3-6,16H,1-2,7-9,14H2,(H,15,17). The summed E-state index contributed by atoms with van der Waals surface area (Å²) in [6, 6.07) is 6.81. The molecule has 1 amide bonds. The number of rotatable bonds is 3. The molecule has 0 heterocycles. The summed E-state index contributed by atoms with van der Waals surface area (Å²) >= 11 is 0. The van der Waals surface area contributed by atoms with E-state index in [1.54, 1.807) is 24.3 Å². The minimum absolute atomic E-state index is 0.00765. The molecule has 1 aromatic rings. The summed E-state index contributed by atoms with van der Waals surface area (Å²) in [5, 5.41) is 12.4. The summed E-state index contributed by atoms with van der Waals surface area (Å²) in [7, 11) is 0. The number of hydrogen-bond acceptors (Lipinski definition) is 3. The van der Waals surface area contributed by atoms with E-state index in [4.69, 9.17) is 5.73 Å². The van der Waals surface area contributed by atoms with Crippen LogP contribution < -0.4 is 11.1 Å². The number of carbonyl (C=O) groups excluding carboxylic acids is 1. The van der Waals surface area contributed by atoms with E-state index < -0.39 is 5.54 Å². The molecule has 0 atom stereocenters. The fourth-order valence-corrected chi connectivity index (χ4v) is 2.32. The Morgan fingerprint density at radius 2 is 1.88 bits per heavy atom. The number of carbonyl (C=O) groups is 1. The van der Waals surface area contributed by atoms with Crippen LogP contribution >= 0.6 is 0 Å². The van der Waals surface area contributed by atoms with Crippen LogP contribution in [0.3, 0.4) is 0 Å². The van der Waals surface area contributed by atoms with E-state index in [1.807, 2.05) is 0 Å². The zero-order valence-corrected chi connectivity index (χ0v) is 9.78. The molecular weight excluding hydrogens is 216 g/mol. The number of nitrogens with one attached hydrogen (secondary N) is 1. The molecule has 17 heavy (non-hydrogen) atoms. The van der Waals surface area contributed by atoms with E-state index in [0.29, 0.717) is 11.3 Å². The van der Waals surface area contributed by atoms with Gasteiger partial charge in [-0.1, -0.05) is 12.8 Å². The monoisotopic (exact) mass is 234 g/mol. The largest absolute Gasteiger partial charge is 0.399 e. The van der Waals surface area contributed by atoms with Crippen LogP contribution in [0.5, 0.6) is 0 Å². The highest BCUT2D eigenvalue weighted by Gasteiger charge is 2.34. The van der Waals surface area contributed by atoms with Crippen LogP contribution in [0.2, 0.25) is 0 Å². The molecule has 0 saturated heterocycles. The SMILES string of the molecule is Nc1ccc(C(=O)NC2(CO)CCCC2)cc1. The van der Waals surface area contributed by atoms with Gasteiger partial charge in [0.25, 0.3) is 5.91 Å². The van der Waals surface area contributed by atoms with Crippen molar-refractivity contribution in [3.05, 3.63) is 29.8 Å². The molecule has 0 spiro atoms. The summed E-state index contributed by atoms with van der Waals surface area (Å²) in [4.78, 5) is 12.0. The van der Waals surface area contributed by atoms with Crippen LogP contribution in [0.4, 0.5) is 5.69 Å². The zero-order chi connectivity index (χ0) is 12.3. The minimum Gasteiger partial charge on any atom is -0.399 e. The van der Waals surface area contributed by atoms with Crippen molar-refractivity contribution in [1.82, 2.24) is 5.32 Å². The number of nitrogen functional groups attached to an aromatic ring is 1. The van der Waals surface area contributed by atoms with Crippen molar-refractivity contribution in [3.63, 3.8) is 0 Å². The molecule has 0 unspecified atom stereocenters. The molecule has 1 saturated carbocycles. The van der Waals surface area contributed by atoms with E-state index in [1.165, 1.54) is 0 Å². The lowest BCUT2D eigenvalue weighted by molar-refractivity contribution is 0.0838. The maximum Gasteiger partial charge on any atom is 0.251 e. The number of nitrogens with two attached hydrogens (primary N) is 1. The van der Waals surface area contributed by atoms with Crippen LogP contribution in [0.1, 0.15) is 36.0 Å². The number of hydrogen-bond donors (Lipinski definition) is 3. The van der Waals surface area contributed by atoms with E-state index in [2.05, 4.69) is 5.32 Å². The summed E-state index contributed by atoms with van der Waals surface area (Å²) in [6.07, 6.45) is 3.82. The van der Waals surface area contributed by atoms with Gasteiger partial charge >= 0.3 is 0 Å². The van der Waals surface area contributed by atoms with Crippen molar-refractivity contribution in [1.29, 1.82) is 0 Å². The molecule has 4 heteroatoms. The quantitative estimate of drug-likeness (QED) is 0.690. The van der Waals surface area contributed by atoms with Gasteiger partial charge in [-0.25, -0.2) is 0 Å². The Morgan fingerprint density at radius 1 is 1.29 bits per heavy atom. The highest BCUT2D eigenvalue weighted by molar-refractivity contribution is 5.95. The van der Waals surface area contributed by atoms with E-state index in [9.17, 15) is 9.90 Å². The van der Waals surface area contributed by atoms with E-state index in [0.717, 1.165) is 25.7 Å². The third-order valence-corrected chi connectivity index (χ3v) is 3.41. The van der Waals surface area contributed by atoms with Gasteiger partial charge in [-0.15, -0.1) is 0 Å². The molecule has 92 valence electrons. The number of aliphatic hydroxyl groups excluding tert-OH is 1. The molecule has 2 rings (SSSR count). The Hall–Kier alpha value is -1.55. The van der Waals surface area contributed by atoms with Crippen LogP contribution in [-0.2, 0) is 0 Å². The first-order chi connectivity index (χ1) is 8.15. The molecule has 4 N–H and O–H groups in total. The summed E-state index contributed by atoms with van der Waals surface area (Å²) < 4.78 is 0. The van der Waals surface area contributed by atoms with Gasteiger partial charge in [-0.2, -0.15) is 0 Å². The second kappa shape index (κ2) is 4.75. The molecule has 1 aliphatic rings. The van der Waals surface area contributed by atoms with Gasteiger partial charge in [-0.05, 0) is 37.1 Å². The van der Waals surface area contributed by atoms with Crippen LogP contribution in [0, 0.1) is 0 Å². The third-order valence-electron chi connectivity index (χ3n) is 3.41. The van der Waals surface area contributed by atoms with Crippen molar-refractivity contribution >= 4 is 11.6 Å². The van der Waals surface area contributed by atoms with Gasteiger partial charge in [0.2, 0.25) is 0 Å². The first-order valence-electron chi connectivity index (χ1n) is 5.94. The number of benzene rings is 1. The van der Waals surface area contributed by atoms with Gasteiger partial charge in [0, 0.05) is 11.3 Å². The van der Waals surface area contributed by atoms with Gasteiger partial charge in [0.1, 0.15) is 0 Å². The lowest BCUT2D eigenvalue weighted by Crippen LogP contribution is -2.49. The Bertz CT molecular complexity index is 394. The highest BCUT2D eigenvalue weighted by atomic mass is 16.3. The molecular formula is C13H18N2O2. The number of aliphatic hydroxyl groups is 1. The minimum atomic E-state index is -0.418. The maximum atomic E-state index is 12.0. The third kappa shape index (κ3) is 2.58. The number of anilines is 1.